The molecule has 3 atom stereocenters. The fourth-order valence-electron chi connectivity index (χ4n) is 4.09. The van der Waals surface area contributed by atoms with Gasteiger partial charge in [0.05, 0.1) is 17.5 Å². The van der Waals surface area contributed by atoms with E-state index in [2.05, 4.69) is 52.2 Å². The molecule has 13 heteroatoms. The summed E-state index contributed by atoms with van der Waals surface area (Å²) in [5.41, 5.74) is 9.55. The molecule has 1 aliphatic rings. The van der Waals surface area contributed by atoms with Crippen molar-refractivity contribution in [2.75, 3.05) is 12.3 Å². The van der Waals surface area contributed by atoms with E-state index in [9.17, 15) is 9.59 Å². The molecule has 3 heterocycles. The zero-order valence-corrected chi connectivity index (χ0v) is 26.0. The molecule has 39 heavy (non-hydrogen) atoms. The maximum atomic E-state index is 12.9. The van der Waals surface area contributed by atoms with Gasteiger partial charge in [0.2, 0.25) is 5.28 Å². The number of nitrogens with zero attached hydrogens (tertiary/aromatic N) is 4. The molecule has 2 N–H and O–H groups in total. The first-order valence-electron chi connectivity index (χ1n) is 11.7. The van der Waals surface area contributed by atoms with Crippen LogP contribution in [0, 0.1) is 13.8 Å². The van der Waals surface area contributed by atoms with Crippen molar-refractivity contribution in [3.05, 3.63) is 82.4 Å². The number of anilines is 1. The Morgan fingerprint density at radius 3 is 2.23 bits per heavy atom. The predicted molar refractivity (Wildman–Crippen MR) is 163 cm³/mol. The van der Waals surface area contributed by atoms with Crippen molar-refractivity contribution in [1.82, 2.24) is 19.5 Å². The van der Waals surface area contributed by atoms with Crippen molar-refractivity contribution in [1.29, 1.82) is 0 Å². The number of benzene rings is 2. The number of halogens is 3. The molecular formula is C26H24ClI2N5O5. The third kappa shape index (κ3) is 6.96. The number of aromatic nitrogens is 4. The smallest absolute Gasteiger partial charge is 0.338 e. The number of nitrogen functional groups attached to an aromatic ring is 1. The van der Waals surface area contributed by atoms with E-state index >= 15 is 0 Å². The summed E-state index contributed by atoms with van der Waals surface area (Å²) in [4.78, 5) is 37.9. The number of ether oxygens (including phenoxy) is 3. The van der Waals surface area contributed by atoms with Crippen LogP contribution in [-0.4, -0.2) is 50.3 Å². The van der Waals surface area contributed by atoms with Crippen molar-refractivity contribution in [3.63, 3.8) is 0 Å². The minimum Gasteiger partial charge on any atom is -0.459 e. The maximum Gasteiger partial charge on any atom is 0.338 e. The molecule has 204 valence electrons. The van der Waals surface area contributed by atoms with Crippen LogP contribution in [-0.2, 0) is 14.2 Å². The third-order valence-corrected chi connectivity index (χ3v) is 6.29. The highest BCUT2D eigenvalue weighted by Gasteiger charge is 2.40. The molecule has 0 spiro atoms. The van der Waals surface area contributed by atoms with Crippen LogP contribution in [0.3, 0.4) is 0 Å². The molecule has 0 amide bonds. The number of rotatable bonds is 6. The Balaban J connectivity index is 0.00000172. The van der Waals surface area contributed by atoms with E-state index in [1.807, 2.05) is 38.1 Å². The summed E-state index contributed by atoms with van der Waals surface area (Å²) in [6.45, 7) is 3.74. The van der Waals surface area contributed by atoms with Crippen molar-refractivity contribution >= 4 is 77.8 Å². The SMILES string of the molecule is Cc1ccc(C(=O)OCC2OC(n3cnc4c(N)nc(Cl)nc43)CC2OC(=O)c2ccc(C)cc2)cc1.II. The Bertz CT molecular complexity index is 1470. The number of hydrogen-bond acceptors (Lipinski definition) is 9. The molecule has 4 aromatic rings. The van der Waals surface area contributed by atoms with E-state index in [1.165, 1.54) is 6.33 Å². The van der Waals surface area contributed by atoms with Crippen LogP contribution in [0.2, 0.25) is 5.28 Å². The van der Waals surface area contributed by atoms with Crippen molar-refractivity contribution in [3.8, 4) is 0 Å². The molecule has 5 rings (SSSR count). The molecule has 1 aliphatic heterocycles. The van der Waals surface area contributed by atoms with Gasteiger partial charge in [-0.25, -0.2) is 14.6 Å². The molecule has 1 saturated heterocycles. The predicted octanol–water partition coefficient (Wildman–Crippen LogP) is 5.82. The average Bonchev–Trinajstić information content (AvgIpc) is 3.53. The number of nitrogens with two attached hydrogens (primary N) is 1. The lowest BCUT2D eigenvalue weighted by Gasteiger charge is -2.19. The number of esters is 2. The lowest BCUT2D eigenvalue weighted by atomic mass is 10.1. The molecule has 0 saturated carbocycles. The second-order valence-corrected chi connectivity index (χ2v) is 9.18. The summed E-state index contributed by atoms with van der Waals surface area (Å²) in [5.74, 6) is -0.872. The standard InChI is InChI=1S/C26H24ClN5O5.I2/c1-14-3-7-16(8-4-14)24(33)35-12-19-18(37-25(34)17-9-5-15(2)6-10-17)11-20(36-19)32-13-29-21-22(28)30-26(27)31-23(21)32;1-2/h3-10,13,18-20H,11-12H2,1-2H3,(H2,28,30,31);. The van der Waals surface area contributed by atoms with Crippen LogP contribution < -0.4 is 5.73 Å². The molecule has 2 aromatic heterocycles. The van der Waals surface area contributed by atoms with E-state index in [-0.39, 0.29) is 24.1 Å². The van der Waals surface area contributed by atoms with Crippen molar-refractivity contribution < 1.29 is 23.8 Å². The summed E-state index contributed by atoms with van der Waals surface area (Å²) in [6, 6.07) is 14.1. The minimum atomic E-state index is -0.735. The van der Waals surface area contributed by atoms with Crippen LogP contribution in [0.15, 0.2) is 54.9 Å². The fourth-order valence-corrected chi connectivity index (χ4v) is 4.26. The van der Waals surface area contributed by atoms with Gasteiger partial charge < -0.3 is 19.9 Å². The topological polar surface area (TPSA) is 131 Å². The first-order valence-corrected chi connectivity index (χ1v) is 18.4. The molecule has 3 unspecified atom stereocenters. The summed E-state index contributed by atoms with van der Waals surface area (Å²) in [7, 11) is 0. The summed E-state index contributed by atoms with van der Waals surface area (Å²) in [5, 5.41) is -0.0318. The normalized spacial score (nSPS) is 18.3. The number of carbonyl (C=O) groups excluding carboxylic acids is 2. The second kappa shape index (κ2) is 13.2. The average molecular weight is 776 g/mol. The highest BCUT2D eigenvalue weighted by atomic mass is 128. The highest BCUT2D eigenvalue weighted by molar-refractivity contribution is 15.0. The van der Waals surface area contributed by atoms with Gasteiger partial charge in [-0.2, -0.15) is 9.97 Å². The zero-order chi connectivity index (χ0) is 28.1. The molecule has 0 bridgehead atoms. The van der Waals surface area contributed by atoms with E-state index in [0.717, 1.165) is 11.1 Å². The summed E-state index contributed by atoms with van der Waals surface area (Å²) < 4.78 is 19.2. The van der Waals surface area contributed by atoms with E-state index in [1.54, 1.807) is 28.8 Å². The Morgan fingerprint density at radius 2 is 1.62 bits per heavy atom. The van der Waals surface area contributed by atoms with Crippen LogP contribution in [0.4, 0.5) is 5.82 Å². The number of imidazole rings is 1. The maximum absolute atomic E-state index is 12.9. The number of fused-ring (bicyclic) bond motifs is 1. The summed E-state index contributed by atoms with van der Waals surface area (Å²) >= 11 is 10.2. The Labute approximate surface area is 252 Å². The summed E-state index contributed by atoms with van der Waals surface area (Å²) in [6.07, 6.45) is -0.306. The molecule has 0 aliphatic carbocycles. The number of carbonyl (C=O) groups is 2. The fraction of sp³-hybridized carbons (Fsp3) is 0.269. The first kappa shape index (κ1) is 29.4. The lowest BCUT2D eigenvalue weighted by molar-refractivity contribution is -0.0563. The van der Waals surface area contributed by atoms with E-state index in [4.69, 9.17) is 31.5 Å². The van der Waals surface area contributed by atoms with E-state index < -0.39 is 30.4 Å². The van der Waals surface area contributed by atoms with Crippen LogP contribution >= 0.6 is 48.8 Å². The lowest BCUT2D eigenvalue weighted by Crippen LogP contribution is -2.32. The van der Waals surface area contributed by atoms with Gasteiger partial charge in [0.1, 0.15) is 30.6 Å². The van der Waals surface area contributed by atoms with Gasteiger partial charge in [-0.1, -0.05) is 35.4 Å². The van der Waals surface area contributed by atoms with Crippen LogP contribution in [0.5, 0.6) is 0 Å². The number of hydrogen-bond donors (Lipinski definition) is 1. The van der Waals surface area contributed by atoms with Gasteiger partial charge in [-0.3, -0.25) is 4.57 Å². The molecule has 2 aromatic carbocycles. The zero-order valence-electron chi connectivity index (χ0n) is 20.9. The van der Waals surface area contributed by atoms with Gasteiger partial charge in [0.25, 0.3) is 0 Å². The highest BCUT2D eigenvalue weighted by Crippen LogP contribution is 2.34. The van der Waals surface area contributed by atoms with Crippen LogP contribution in [0.25, 0.3) is 11.2 Å². The second-order valence-electron chi connectivity index (χ2n) is 8.84. The van der Waals surface area contributed by atoms with E-state index in [0.29, 0.717) is 22.3 Å². The van der Waals surface area contributed by atoms with Gasteiger partial charge in [-0.05, 0) is 49.7 Å². The third-order valence-electron chi connectivity index (χ3n) is 6.12. The monoisotopic (exact) mass is 775 g/mol. The molecular weight excluding hydrogens is 752 g/mol. The molecule has 0 radical (unpaired) electrons. The van der Waals surface area contributed by atoms with Crippen molar-refractivity contribution in [2.45, 2.75) is 38.7 Å². The molecule has 10 nitrogen and oxygen atoms in total. The van der Waals surface area contributed by atoms with Gasteiger partial charge >= 0.3 is 11.9 Å². The number of aryl methyl sites for hydroxylation is 2. The quantitative estimate of drug-likeness (QED) is 0.146. The Hall–Kier alpha value is -2.56. The molecule has 1 fully saturated rings. The van der Waals surface area contributed by atoms with Gasteiger partial charge in [0, 0.05) is 43.7 Å². The first-order chi connectivity index (χ1) is 18.8. The Kier molecular flexibility index (Phi) is 9.96. The largest absolute Gasteiger partial charge is 0.459 e. The minimum absolute atomic E-state index is 0.0318. The van der Waals surface area contributed by atoms with Crippen LogP contribution in [0.1, 0.15) is 44.5 Å². The van der Waals surface area contributed by atoms with Gasteiger partial charge in [0.15, 0.2) is 11.5 Å². The Morgan fingerprint density at radius 1 is 1.03 bits per heavy atom. The van der Waals surface area contributed by atoms with Crippen molar-refractivity contribution in [2.24, 2.45) is 0 Å². The van der Waals surface area contributed by atoms with Gasteiger partial charge in [-0.15, -0.1) is 0 Å².